The van der Waals surface area contributed by atoms with Crippen LogP contribution in [0.15, 0.2) is 231 Å². The van der Waals surface area contributed by atoms with Gasteiger partial charge in [0.15, 0.2) is 0 Å². The highest BCUT2D eigenvalue weighted by atomic mass is 16.5. The Bertz CT molecular complexity index is 7930. The number of para-hydroxylation sites is 6. The fourth-order valence-corrected chi connectivity index (χ4v) is 24.5. The first-order chi connectivity index (χ1) is 68.1. The summed E-state index contributed by atoms with van der Waals surface area (Å²) in [4.78, 5) is 69.4. The summed E-state index contributed by atoms with van der Waals surface area (Å²) in [6.07, 6.45) is 0. The number of ether oxygens (including phenoxy) is 4. The van der Waals surface area contributed by atoms with Gasteiger partial charge in [0, 0.05) is 43.1 Å². The van der Waals surface area contributed by atoms with Crippen molar-refractivity contribution in [3.05, 3.63) is 320 Å². The minimum absolute atomic E-state index is 0.0215. The molecular formula is C132H122N2O8. The molecule has 708 valence electrons. The molecule has 10 nitrogen and oxygen atoms in total. The third-order valence-electron chi connectivity index (χ3n) is 31.5. The van der Waals surface area contributed by atoms with Crippen LogP contribution < -0.4 is 28.7 Å². The zero-order chi connectivity index (χ0) is 99.3. The second kappa shape index (κ2) is 33.6. The van der Waals surface area contributed by atoms with Gasteiger partial charge in [0.1, 0.15) is 46.0 Å². The fraction of sp³-hybridized carbons (Fsp3) is 0.273. The molecule has 4 amide bonds. The zero-order valence-electron chi connectivity index (χ0n) is 86.0. The molecule has 23 rings (SSSR count). The van der Waals surface area contributed by atoms with Gasteiger partial charge < -0.3 is 18.9 Å². The lowest BCUT2D eigenvalue weighted by atomic mass is 9.82. The van der Waals surface area contributed by atoms with Gasteiger partial charge in [-0.25, -0.2) is 9.80 Å². The lowest BCUT2D eigenvalue weighted by Crippen LogP contribution is -2.42. The van der Waals surface area contributed by atoms with E-state index in [1.807, 2.05) is 24.3 Å². The van der Waals surface area contributed by atoms with Crippen LogP contribution in [0, 0.1) is 0 Å². The van der Waals surface area contributed by atoms with E-state index in [4.69, 9.17) is 18.9 Å². The highest BCUT2D eigenvalue weighted by Gasteiger charge is 2.45. The van der Waals surface area contributed by atoms with Crippen LogP contribution >= 0.6 is 0 Å². The average molecular weight is 1860 g/mol. The molecule has 2 aliphatic heterocycles. The van der Waals surface area contributed by atoms with Gasteiger partial charge in [-0.3, -0.25) is 19.2 Å². The molecule has 0 bridgehead atoms. The first-order valence-electron chi connectivity index (χ1n) is 51.7. The molecule has 2 heterocycles. The van der Waals surface area contributed by atoms with E-state index >= 15 is 19.2 Å². The summed E-state index contributed by atoms with van der Waals surface area (Å²) in [6.45, 7) is 52.4. The van der Waals surface area contributed by atoms with Crippen LogP contribution in [-0.4, -0.2) is 23.6 Å². The van der Waals surface area contributed by atoms with E-state index in [-0.39, 0.29) is 71.0 Å². The number of amides is 4. The van der Waals surface area contributed by atoms with Crippen molar-refractivity contribution in [3.8, 4) is 46.0 Å². The van der Waals surface area contributed by atoms with Crippen LogP contribution in [0.25, 0.3) is 151 Å². The van der Waals surface area contributed by atoms with Gasteiger partial charge in [0.05, 0.1) is 33.6 Å². The van der Waals surface area contributed by atoms with Gasteiger partial charge in [-0.1, -0.05) is 348 Å². The van der Waals surface area contributed by atoms with Gasteiger partial charge in [-0.2, -0.15) is 0 Å². The molecule has 0 atom stereocenters. The molecule has 21 aromatic carbocycles. The standard InChI is InChI=1S/C132H122N2O8/c1-63(2)79-31-25-32-80(64(3)4)123(79)133-129(135)103-59-107(139-125-83(67(9)10)35-27-36-84(125)68(11)12)117-95-51-47-91-99-55-75-43-45-77-57-101-93-49-53-97-114-98(54-50-94(112(93)114)102(101)58-78(77)46-44-76(75)56-100(99)92-48-52-96(113(95)111(91)92)118-108(60-104(130(133)136)115(103)121(117)118)140-126-85(69(13)14)37-28-38-86(126)70(15)16)120-110(142-128-89(73(21)22)41-30-42-90(128)74(23)24)62-106-116-105(131(137)134(132(106)138)124-81(65(5)6)33-26-34-82(124)66(7)8)61-109(119(97)122(116)120)141-127-87(71(17)18)39-29-40-88(127)72(19)20/h25-74H,1-24H3. The molecule has 0 unspecified atom stereocenters. The maximum absolute atomic E-state index is 16.6. The summed E-state index contributed by atoms with van der Waals surface area (Å²) >= 11 is 0. The average Bonchev–Trinajstić information content (AvgIpc) is 1.15. The van der Waals surface area contributed by atoms with E-state index in [2.05, 4.69) is 372 Å². The summed E-state index contributed by atoms with van der Waals surface area (Å²) in [7, 11) is 0. The molecule has 0 saturated heterocycles. The summed E-state index contributed by atoms with van der Waals surface area (Å²) in [5.74, 6) is 4.13. The van der Waals surface area contributed by atoms with Gasteiger partial charge in [0.2, 0.25) is 0 Å². The van der Waals surface area contributed by atoms with Crippen LogP contribution in [0.1, 0.15) is 345 Å². The number of rotatable bonds is 22. The highest BCUT2D eigenvalue weighted by Crippen LogP contribution is 2.61. The number of hydrogen-bond donors (Lipinski definition) is 0. The smallest absolute Gasteiger partial charge is 0.266 e. The fourth-order valence-electron chi connectivity index (χ4n) is 24.5. The van der Waals surface area contributed by atoms with Gasteiger partial charge in [-0.15, -0.1) is 0 Å². The zero-order valence-corrected chi connectivity index (χ0v) is 86.0. The second-order valence-corrected chi connectivity index (χ2v) is 44.3. The Morgan fingerprint density at radius 2 is 0.338 bits per heavy atom. The van der Waals surface area contributed by atoms with E-state index in [0.717, 1.165) is 230 Å². The van der Waals surface area contributed by atoms with Crippen LogP contribution in [0.3, 0.4) is 0 Å². The number of carbonyl (C=O) groups excluding carboxylic acids is 4. The van der Waals surface area contributed by atoms with Crippen LogP contribution in [0.5, 0.6) is 46.0 Å². The van der Waals surface area contributed by atoms with Crippen molar-refractivity contribution in [2.24, 2.45) is 0 Å². The third-order valence-corrected chi connectivity index (χ3v) is 31.5. The Morgan fingerprint density at radius 1 is 0.169 bits per heavy atom. The minimum atomic E-state index is -0.397. The Balaban J connectivity index is 0.765. The molecule has 21 aromatic rings. The Morgan fingerprint density at radius 3 is 0.521 bits per heavy atom. The molecule has 142 heavy (non-hydrogen) atoms. The molecule has 0 spiro atoms. The third kappa shape index (κ3) is 13.5. The predicted molar refractivity (Wildman–Crippen MR) is 595 cm³/mol. The van der Waals surface area contributed by atoms with Gasteiger partial charge >= 0.3 is 0 Å². The molecule has 0 N–H and O–H groups in total. The number of hydrogen-bond acceptors (Lipinski definition) is 8. The maximum Gasteiger partial charge on any atom is 0.266 e. The normalized spacial score (nSPS) is 13.6. The second-order valence-electron chi connectivity index (χ2n) is 44.3. The van der Waals surface area contributed by atoms with Crippen molar-refractivity contribution in [1.82, 2.24) is 0 Å². The summed E-state index contributed by atoms with van der Waals surface area (Å²) < 4.78 is 31.5. The minimum Gasteiger partial charge on any atom is -0.456 e. The summed E-state index contributed by atoms with van der Waals surface area (Å²) in [6, 6.07) is 83.1. The first kappa shape index (κ1) is 91.3. The molecule has 0 radical (unpaired) electrons. The van der Waals surface area contributed by atoms with Crippen molar-refractivity contribution in [2.75, 3.05) is 9.80 Å². The van der Waals surface area contributed by atoms with Crippen molar-refractivity contribution in [1.29, 1.82) is 0 Å². The predicted octanol–water partition coefficient (Wildman–Crippen LogP) is 38.4. The van der Waals surface area contributed by atoms with Crippen molar-refractivity contribution >= 4 is 186 Å². The Labute approximate surface area is 830 Å². The molecule has 0 saturated carbocycles. The van der Waals surface area contributed by atoms with E-state index in [9.17, 15) is 0 Å². The van der Waals surface area contributed by atoms with E-state index in [0.29, 0.717) is 67.4 Å². The van der Waals surface area contributed by atoms with Crippen molar-refractivity contribution < 1.29 is 38.1 Å². The van der Waals surface area contributed by atoms with E-state index in [1.165, 1.54) is 9.80 Å². The quantitative estimate of drug-likeness (QED) is 0.0375. The number of imide groups is 2. The maximum atomic E-state index is 16.6. The number of fused-ring (bicyclic) bond motifs is 12. The summed E-state index contributed by atoms with van der Waals surface area (Å²) in [5, 5.41) is 27.1. The lowest BCUT2D eigenvalue weighted by Gasteiger charge is -2.34. The monoisotopic (exact) mass is 1860 g/mol. The van der Waals surface area contributed by atoms with Gasteiger partial charge in [0.25, 0.3) is 23.6 Å². The SMILES string of the molecule is CC(C)c1cccc(C(C)C)c1Oc1cc2c3c(cc(Oc4c(C(C)C)cccc4C(C)C)c4c5ccc6c7cc8ccc9cc%10c(cc9ccc8cc7c7ccc(c1c34)c5c76)c1ccc3c4c(Oc5c(C(C)C)cccc5C(C)C)cc5c6c(cc(Oc7c(C(C)C)cccc7C(C)C)c(c7ccc%10c1c37)c64)C(=O)N(c1c(C(C)C)cccc1C(C)C)C5=O)C(=O)N(c1c(C(C)C)cccc1C(C)C)C2=O. The van der Waals surface area contributed by atoms with Crippen molar-refractivity contribution in [2.45, 2.75) is 237 Å². The Kier molecular flexibility index (Phi) is 21.6. The molecule has 0 aromatic heterocycles. The molecule has 2 aliphatic rings. The van der Waals surface area contributed by atoms with Crippen LogP contribution in [0.2, 0.25) is 0 Å². The first-order valence-corrected chi connectivity index (χ1v) is 51.7. The topological polar surface area (TPSA) is 112 Å². The van der Waals surface area contributed by atoms with E-state index in [1.54, 1.807) is 0 Å². The van der Waals surface area contributed by atoms with E-state index < -0.39 is 23.6 Å². The van der Waals surface area contributed by atoms with Crippen LogP contribution in [0.4, 0.5) is 11.4 Å². The number of nitrogens with zero attached hydrogens (tertiary/aromatic N) is 2. The lowest BCUT2D eigenvalue weighted by molar-refractivity contribution is 0.0877. The molecule has 0 fully saturated rings. The summed E-state index contributed by atoms with van der Waals surface area (Å²) in [5.41, 5.74) is 14.9. The molecule has 0 aliphatic carbocycles. The largest absolute Gasteiger partial charge is 0.456 e. The number of anilines is 2. The van der Waals surface area contributed by atoms with Crippen molar-refractivity contribution in [3.63, 3.8) is 0 Å². The number of carbonyl (C=O) groups is 4. The highest BCUT2D eigenvalue weighted by molar-refractivity contribution is 6.50. The van der Waals surface area contributed by atoms with Crippen LogP contribution in [-0.2, 0) is 0 Å². The Hall–Kier alpha value is -14.5. The molecular weight excluding hydrogens is 1740 g/mol. The van der Waals surface area contributed by atoms with Gasteiger partial charge in [-0.05, 0) is 294 Å². The number of benzene rings is 18. The molecule has 10 heteroatoms.